The van der Waals surface area contributed by atoms with Crippen molar-refractivity contribution in [3.8, 4) is 0 Å². The molecule has 0 spiro atoms. The van der Waals surface area contributed by atoms with E-state index >= 15 is 0 Å². The van der Waals surface area contributed by atoms with Crippen LogP contribution in [0.25, 0.3) is 0 Å². The second-order valence-corrected chi connectivity index (χ2v) is 7.77. The first-order valence-corrected chi connectivity index (χ1v) is 9.40. The van der Waals surface area contributed by atoms with Gasteiger partial charge in [-0.2, -0.15) is 0 Å². The van der Waals surface area contributed by atoms with Crippen LogP contribution in [0.15, 0.2) is 9.72 Å². The third-order valence-electron chi connectivity index (χ3n) is 3.98. The first kappa shape index (κ1) is 15.8. The van der Waals surface area contributed by atoms with Crippen LogP contribution in [0.5, 0.6) is 0 Å². The van der Waals surface area contributed by atoms with E-state index in [0.29, 0.717) is 26.1 Å². The van der Waals surface area contributed by atoms with E-state index in [9.17, 15) is 9.59 Å². The molecule has 0 unspecified atom stereocenters. The number of aromatic nitrogens is 1. The van der Waals surface area contributed by atoms with E-state index in [1.807, 2.05) is 5.38 Å². The van der Waals surface area contributed by atoms with Crippen molar-refractivity contribution in [3.05, 3.63) is 11.1 Å². The number of hydrogen-bond donors (Lipinski definition) is 1. The van der Waals surface area contributed by atoms with Crippen LogP contribution in [0.1, 0.15) is 12.6 Å². The Bertz CT molecular complexity index is 563. The summed E-state index contributed by atoms with van der Waals surface area (Å²) >= 11 is 3.29. The third-order valence-corrected chi connectivity index (χ3v) is 5.93. The van der Waals surface area contributed by atoms with E-state index in [1.165, 1.54) is 0 Å². The minimum atomic E-state index is -0.187. The molecular weight excluding hydrogens is 320 g/mol. The summed E-state index contributed by atoms with van der Waals surface area (Å²) in [7, 11) is 0. The van der Waals surface area contributed by atoms with E-state index in [2.05, 4.69) is 22.1 Å². The molecule has 3 rings (SSSR count). The molecule has 1 atom stereocenters. The number of thioether (sulfide) groups is 1. The van der Waals surface area contributed by atoms with Gasteiger partial charge in [-0.05, 0) is 5.75 Å². The van der Waals surface area contributed by atoms with Gasteiger partial charge in [-0.1, -0.05) is 18.7 Å². The van der Waals surface area contributed by atoms with Gasteiger partial charge in [0, 0.05) is 38.1 Å². The summed E-state index contributed by atoms with van der Waals surface area (Å²) in [6.45, 7) is 5.64. The van der Waals surface area contributed by atoms with Crippen molar-refractivity contribution in [1.82, 2.24) is 20.1 Å². The highest BCUT2D eigenvalue weighted by atomic mass is 32.2. The lowest BCUT2D eigenvalue weighted by Gasteiger charge is -2.43. The number of carbonyl (C=O) groups is 2. The average Bonchev–Trinajstić information content (AvgIpc) is 2.95. The number of nitrogens with one attached hydrogen (secondary N) is 1. The van der Waals surface area contributed by atoms with Crippen LogP contribution < -0.4 is 5.32 Å². The van der Waals surface area contributed by atoms with Gasteiger partial charge in [0.25, 0.3) is 0 Å². The summed E-state index contributed by atoms with van der Waals surface area (Å²) in [4.78, 5) is 32.8. The zero-order valence-corrected chi connectivity index (χ0v) is 14.2. The molecule has 22 heavy (non-hydrogen) atoms. The summed E-state index contributed by atoms with van der Waals surface area (Å²) < 4.78 is 1.02. The highest BCUT2D eigenvalue weighted by Gasteiger charge is 2.36. The Morgan fingerprint density at radius 3 is 3.18 bits per heavy atom. The molecule has 1 aromatic heterocycles. The largest absolute Gasteiger partial charge is 0.353 e. The topological polar surface area (TPSA) is 65.5 Å². The molecule has 2 aliphatic heterocycles. The van der Waals surface area contributed by atoms with Crippen molar-refractivity contribution in [1.29, 1.82) is 0 Å². The van der Waals surface area contributed by atoms with Crippen molar-refractivity contribution >= 4 is 34.9 Å². The minimum Gasteiger partial charge on any atom is -0.353 e. The summed E-state index contributed by atoms with van der Waals surface area (Å²) in [5.41, 5.74) is 0.835. The lowest BCUT2D eigenvalue weighted by Crippen LogP contribution is -2.64. The van der Waals surface area contributed by atoms with Crippen LogP contribution in [0.3, 0.4) is 0 Å². The van der Waals surface area contributed by atoms with Gasteiger partial charge in [-0.25, -0.2) is 4.98 Å². The number of amides is 2. The number of carbonyl (C=O) groups excluding carboxylic acids is 2. The Balaban J connectivity index is 1.59. The third kappa shape index (κ3) is 3.44. The molecule has 0 radical (unpaired) electrons. The molecule has 120 valence electrons. The summed E-state index contributed by atoms with van der Waals surface area (Å²) in [6, 6.07) is -0.187. The Labute approximate surface area is 138 Å². The molecule has 2 fully saturated rings. The maximum Gasteiger partial charge on any atom is 0.239 e. The smallest absolute Gasteiger partial charge is 0.239 e. The Morgan fingerprint density at radius 2 is 2.36 bits per heavy atom. The van der Waals surface area contributed by atoms with Crippen LogP contribution in [-0.2, 0) is 16.0 Å². The SMILES string of the molecule is CCSc1nc(CC(=O)N2CCN3CCNC(=O)[C@@H]3C2)cs1. The van der Waals surface area contributed by atoms with Crippen LogP contribution in [0, 0.1) is 0 Å². The highest BCUT2D eigenvalue weighted by Crippen LogP contribution is 2.23. The lowest BCUT2D eigenvalue weighted by atomic mass is 10.1. The monoisotopic (exact) mass is 340 g/mol. The number of piperazine rings is 2. The van der Waals surface area contributed by atoms with Gasteiger partial charge < -0.3 is 10.2 Å². The van der Waals surface area contributed by atoms with Gasteiger partial charge in [0.2, 0.25) is 11.8 Å². The molecule has 0 saturated carbocycles. The van der Waals surface area contributed by atoms with Gasteiger partial charge in [0.05, 0.1) is 12.1 Å². The van der Waals surface area contributed by atoms with Crippen molar-refractivity contribution in [2.75, 3.05) is 38.5 Å². The maximum atomic E-state index is 12.4. The molecule has 3 heterocycles. The predicted octanol–water partition coefficient (Wildman–Crippen LogP) is 0.440. The number of fused-ring (bicyclic) bond motifs is 1. The van der Waals surface area contributed by atoms with Crippen molar-refractivity contribution < 1.29 is 9.59 Å². The summed E-state index contributed by atoms with van der Waals surface area (Å²) in [6.07, 6.45) is 0.328. The van der Waals surface area contributed by atoms with E-state index in [4.69, 9.17) is 0 Å². The molecule has 0 bridgehead atoms. The molecule has 0 aromatic carbocycles. The van der Waals surface area contributed by atoms with E-state index in [-0.39, 0.29) is 17.9 Å². The second kappa shape index (κ2) is 6.97. The zero-order chi connectivity index (χ0) is 15.5. The van der Waals surface area contributed by atoms with E-state index in [0.717, 1.165) is 28.9 Å². The lowest BCUT2D eigenvalue weighted by molar-refractivity contribution is -0.139. The van der Waals surface area contributed by atoms with Gasteiger partial charge in [0.15, 0.2) is 0 Å². The molecule has 2 aliphatic rings. The standard InChI is InChI=1S/C14H20N4O2S2/c1-2-21-14-16-10(9-22-14)7-12(19)18-6-5-17-4-3-15-13(20)11(17)8-18/h9,11H,2-8H2,1H3,(H,15,20)/t11-/m0/s1. The fraction of sp³-hybridized carbons (Fsp3) is 0.643. The summed E-state index contributed by atoms with van der Waals surface area (Å²) in [5.74, 6) is 1.09. The fourth-order valence-corrected chi connectivity index (χ4v) is 4.57. The summed E-state index contributed by atoms with van der Waals surface area (Å²) in [5, 5.41) is 4.83. The Morgan fingerprint density at radius 1 is 1.50 bits per heavy atom. The minimum absolute atomic E-state index is 0.0408. The van der Waals surface area contributed by atoms with Crippen LogP contribution in [0.4, 0.5) is 0 Å². The number of thiazole rings is 1. The number of nitrogens with zero attached hydrogens (tertiary/aromatic N) is 3. The Hall–Kier alpha value is -1.12. The molecule has 6 nitrogen and oxygen atoms in total. The fourth-order valence-electron chi connectivity index (χ4n) is 2.83. The highest BCUT2D eigenvalue weighted by molar-refractivity contribution is 8.00. The average molecular weight is 340 g/mol. The van der Waals surface area contributed by atoms with Gasteiger partial charge in [0.1, 0.15) is 10.4 Å². The molecule has 0 aliphatic carbocycles. The quantitative estimate of drug-likeness (QED) is 0.806. The zero-order valence-electron chi connectivity index (χ0n) is 12.6. The van der Waals surface area contributed by atoms with Crippen LogP contribution in [-0.4, -0.2) is 71.1 Å². The van der Waals surface area contributed by atoms with Gasteiger partial charge >= 0.3 is 0 Å². The van der Waals surface area contributed by atoms with Crippen LogP contribution in [0.2, 0.25) is 0 Å². The predicted molar refractivity (Wildman–Crippen MR) is 87.2 cm³/mol. The molecular formula is C14H20N4O2S2. The first-order chi connectivity index (χ1) is 10.7. The molecule has 8 heteroatoms. The van der Waals surface area contributed by atoms with Crippen LogP contribution >= 0.6 is 23.1 Å². The number of rotatable bonds is 4. The van der Waals surface area contributed by atoms with Gasteiger partial charge in [-0.15, -0.1) is 11.3 Å². The van der Waals surface area contributed by atoms with Crippen molar-refractivity contribution in [2.45, 2.75) is 23.7 Å². The molecule has 2 saturated heterocycles. The first-order valence-electron chi connectivity index (χ1n) is 7.54. The van der Waals surface area contributed by atoms with Gasteiger partial charge in [-0.3, -0.25) is 14.5 Å². The molecule has 1 N–H and O–H groups in total. The van der Waals surface area contributed by atoms with Crippen molar-refractivity contribution in [2.24, 2.45) is 0 Å². The normalized spacial score (nSPS) is 22.3. The molecule has 2 amide bonds. The van der Waals surface area contributed by atoms with Crippen molar-refractivity contribution in [3.63, 3.8) is 0 Å². The molecule has 1 aromatic rings. The Kier molecular flexibility index (Phi) is 5.00. The number of hydrogen-bond acceptors (Lipinski definition) is 6. The second-order valence-electron chi connectivity index (χ2n) is 5.40. The van der Waals surface area contributed by atoms with E-state index in [1.54, 1.807) is 28.0 Å². The maximum absolute atomic E-state index is 12.4. The van der Waals surface area contributed by atoms with E-state index < -0.39 is 0 Å².